The largest absolute Gasteiger partial charge is 0.498 e. The first-order valence-electron chi connectivity index (χ1n) is 5.74. The van der Waals surface area contributed by atoms with Crippen molar-refractivity contribution < 1.29 is 29.0 Å². The number of β-lactam (4-membered cyclic amide) rings is 1. The first kappa shape index (κ1) is 14.7. The van der Waals surface area contributed by atoms with E-state index >= 15 is 0 Å². The molecule has 2 N–H and O–H groups in total. The van der Waals surface area contributed by atoms with Gasteiger partial charge in [-0.05, 0) is 0 Å². The number of methoxy groups -OCH3 is 2. The van der Waals surface area contributed by atoms with Gasteiger partial charge in [-0.1, -0.05) is 0 Å². The van der Waals surface area contributed by atoms with Crippen LogP contribution in [0.2, 0.25) is 0 Å². The molecule has 0 saturated carbocycles. The van der Waals surface area contributed by atoms with Crippen LogP contribution in [-0.4, -0.2) is 65.8 Å². The topological polar surface area (TPSA) is 105 Å². The molecule has 1 saturated heterocycles. The third kappa shape index (κ3) is 2.34. The van der Waals surface area contributed by atoms with Crippen molar-refractivity contribution in [1.82, 2.24) is 10.2 Å². The fraction of sp³-hybridized carbons (Fsp3) is 0.545. The molecular formula is C11H14N2O6S. The molecule has 110 valence electrons. The second-order valence-electron chi connectivity index (χ2n) is 4.17. The molecule has 8 nitrogen and oxygen atoms in total. The molecule has 0 aromatic rings. The summed E-state index contributed by atoms with van der Waals surface area (Å²) in [6.45, 7) is -0.147. The zero-order valence-electron chi connectivity index (χ0n) is 10.9. The van der Waals surface area contributed by atoms with E-state index < -0.39 is 29.2 Å². The maximum Gasteiger partial charge on any atom is 0.356 e. The molecule has 2 amide bonds. The predicted molar refractivity (Wildman–Crippen MR) is 68.6 cm³/mol. The minimum absolute atomic E-state index is 0.147. The molecule has 0 bridgehead atoms. The molecule has 0 aromatic heterocycles. The fourth-order valence-corrected chi connectivity index (χ4v) is 3.41. The minimum Gasteiger partial charge on any atom is -0.498 e. The van der Waals surface area contributed by atoms with Crippen molar-refractivity contribution >= 4 is 29.5 Å². The Morgan fingerprint density at radius 1 is 1.50 bits per heavy atom. The lowest BCUT2D eigenvalue weighted by molar-refractivity contribution is -0.151. The van der Waals surface area contributed by atoms with Gasteiger partial charge in [0.1, 0.15) is 23.8 Å². The van der Waals surface area contributed by atoms with E-state index in [2.05, 4.69) is 10.1 Å². The molecule has 0 unspecified atom stereocenters. The maximum atomic E-state index is 12.0. The van der Waals surface area contributed by atoms with Crippen molar-refractivity contribution in [1.29, 1.82) is 0 Å². The summed E-state index contributed by atoms with van der Waals surface area (Å²) in [5.74, 6) is -1.51. The molecule has 2 atom stereocenters. The molecule has 1 fully saturated rings. The van der Waals surface area contributed by atoms with Crippen molar-refractivity contribution in [3.05, 3.63) is 11.5 Å². The van der Waals surface area contributed by atoms with Gasteiger partial charge < -0.3 is 19.9 Å². The maximum absolute atomic E-state index is 12.0. The smallest absolute Gasteiger partial charge is 0.356 e. The quantitative estimate of drug-likeness (QED) is 0.626. The number of hydrogen-bond acceptors (Lipinski definition) is 6. The van der Waals surface area contributed by atoms with Crippen LogP contribution in [0.1, 0.15) is 0 Å². The number of rotatable bonds is 5. The van der Waals surface area contributed by atoms with Crippen LogP contribution in [0, 0.1) is 0 Å². The van der Waals surface area contributed by atoms with E-state index in [0.717, 1.165) is 4.90 Å². The highest BCUT2D eigenvalue weighted by atomic mass is 32.2. The Hall–Kier alpha value is -1.74. The Morgan fingerprint density at radius 2 is 2.20 bits per heavy atom. The summed E-state index contributed by atoms with van der Waals surface area (Å²) < 4.78 is 9.67. The Balaban J connectivity index is 2.15. The summed E-state index contributed by atoms with van der Waals surface area (Å²) >= 11 is 1.34. The molecule has 0 aliphatic carbocycles. The lowest BCUT2D eigenvalue weighted by Crippen LogP contribution is -2.70. The van der Waals surface area contributed by atoms with Gasteiger partial charge in [0.25, 0.3) is 5.91 Å². The molecule has 9 heteroatoms. The zero-order valence-corrected chi connectivity index (χ0v) is 11.7. The Labute approximate surface area is 119 Å². The van der Waals surface area contributed by atoms with Crippen LogP contribution in [0.5, 0.6) is 0 Å². The third-order valence-corrected chi connectivity index (χ3v) is 4.23. The molecule has 20 heavy (non-hydrogen) atoms. The van der Waals surface area contributed by atoms with E-state index in [1.807, 2.05) is 0 Å². The van der Waals surface area contributed by atoms with Gasteiger partial charge in [0.15, 0.2) is 5.70 Å². The van der Waals surface area contributed by atoms with E-state index in [-0.39, 0.29) is 18.1 Å². The number of nitrogens with one attached hydrogen (secondary N) is 1. The number of hydrogen-bond donors (Lipinski definition) is 2. The van der Waals surface area contributed by atoms with Gasteiger partial charge in [0, 0.05) is 7.11 Å². The van der Waals surface area contributed by atoms with Crippen molar-refractivity contribution in [2.45, 2.75) is 11.4 Å². The predicted octanol–water partition coefficient (Wildman–Crippen LogP) is -1.02. The Bertz CT molecular complexity index is 491. The van der Waals surface area contributed by atoms with E-state index in [0.29, 0.717) is 5.75 Å². The van der Waals surface area contributed by atoms with Crippen LogP contribution >= 0.6 is 11.8 Å². The first-order valence-corrected chi connectivity index (χ1v) is 6.79. The number of fused-ring (bicyclic) bond motifs is 1. The Morgan fingerprint density at radius 3 is 2.75 bits per heavy atom. The lowest BCUT2D eigenvalue weighted by atomic mass is 10.0. The highest BCUT2D eigenvalue weighted by molar-refractivity contribution is 8.00. The van der Waals surface area contributed by atoms with Gasteiger partial charge >= 0.3 is 5.97 Å². The highest BCUT2D eigenvalue weighted by Gasteiger charge is 2.54. The second kappa shape index (κ2) is 5.71. The van der Waals surface area contributed by atoms with Crippen LogP contribution in [-0.2, 0) is 23.9 Å². The summed E-state index contributed by atoms with van der Waals surface area (Å²) in [5, 5.41) is 11.3. The molecule has 2 rings (SSSR count). The number of carbonyl (C=O) groups is 3. The second-order valence-corrected chi connectivity index (χ2v) is 5.27. The third-order valence-electron chi connectivity index (χ3n) is 2.97. The van der Waals surface area contributed by atoms with E-state index in [9.17, 15) is 19.5 Å². The molecule has 0 spiro atoms. The molecule has 0 radical (unpaired) electrons. The molecular weight excluding hydrogens is 288 g/mol. The van der Waals surface area contributed by atoms with Gasteiger partial charge in [-0.2, -0.15) is 0 Å². The number of carboxylic acid groups (broad SMARTS) is 1. The summed E-state index contributed by atoms with van der Waals surface area (Å²) in [7, 11) is 2.74. The minimum atomic E-state index is -1.22. The van der Waals surface area contributed by atoms with Crippen LogP contribution in [0.25, 0.3) is 0 Å². The van der Waals surface area contributed by atoms with Gasteiger partial charge in [0.05, 0.1) is 12.9 Å². The van der Waals surface area contributed by atoms with Gasteiger partial charge in [-0.15, -0.1) is 11.8 Å². The number of carbonyl (C=O) groups excluding carboxylic acids is 2. The van der Waals surface area contributed by atoms with Gasteiger partial charge in [0.2, 0.25) is 5.91 Å². The highest BCUT2D eigenvalue weighted by Crippen LogP contribution is 2.40. The van der Waals surface area contributed by atoms with Gasteiger partial charge in [-0.25, -0.2) is 4.79 Å². The summed E-state index contributed by atoms with van der Waals surface area (Å²) in [6.07, 6.45) is 0. The van der Waals surface area contributed by atoms with E-state index in [4.69, 9.17) is 4.74 Å². The Kier molecular flexibility index (Phi) is 4.19. The van der Waals surface area contributed by atoms with E-state index in [1.54, 1.807) is 0 Å². The van der Waals surface area contributed by atoms with E-state index in [1.165, 1.54) is 26.0 Å². The van der Waals surface area contributed by atoms with Crippen LogP contribution in [0.3, 0.4) is 0 Å². The van der Waals surface area contributed by atoms with Crippen molar-refractivity contribution in [3.8, 4) is 0 Å². The SMILES string of the molecule is COCC(=O)N[C@@H]1C(=O)N2C(C(=O)O)=C(OC)CS[C@H]12. The van der Waals surface area contributed by atoms with Crippen molar-refractivity contribution in [2.24, 2.45) is 0 Å². The lowest BCUT2D eigenvalue weighted by Gasteiger charge is -2.48. The molecule has 2 heterocycles. The molecule has 0 aromatic carbocycles. The number of amides is 2. The van der Waals surface area contributed by atoms with Gasteiger partial charge in [-0.3, -0.25) is 14.5 Å². The fourth-order valence-electron chi connectivity index (χ4n) is 2.09. The monoisotopic (exact) mass is 302 g/mol. The summed E-state index contributed by atoms with van der Waals surface area (Å²) in [4.78, 5) is 35.8. The first-order chi connectivity index (χ1) is 9.51. The number of nitrogens with zero attached hydrogens (tertiary/aromatic N) is 1. The normalized spacial score (nSPS) is 24.9. The number of carboxylic acids is 1. The molecule has 2 aliphatic rings. The van der Waals surface area contributed by atoms with Crippen molar-refractivity contribution in [2.75, 3.05) is 26.6 Å². The average Bonchev–Trinajstić information content (AvgIpc) is 2.43. The molecule has 2 aliphatic heterocycles. The average molecular weight is 302 g/mol. The number of thioether (sulfide) groups is 1. The number of ether oxygens (including phenoxy) is 2. The van der Waals surface area contributed by atoms with Crippen LogP contribution in [0.15, 0.2) is 11.5 Å². The van der Waals surface area contributed by atoms with Crippen molar-refractivity contribution in [3.63, 3.8) is 0 Å². The van der Waals surface area contributed by atoms with Crippen LogP contribution < -0.4 is 5.32 Å². The zero-order chi connectivity index (χ0) is 14.9. The summed E-state index contributed by atoms with van der Waals surface area (Å²) in [5.41, 5.74) is -0.154. The standard InChI is InChI=1S/C11H14N2O6S/c1-18-3-6(14)12-7-9(15)13-8(11(16)17)5(19-2)4-20-10(7)13/h7,10H,3-4H2,1-2H3,(H,12,14)(H,16,17)/t7-,10-/m1/s1. The summed E-state index contributed by atoms with van der Waals surface area (Å²) in [6, 6.07) is -0.726. The number of aliphatic carboxylic acids is 1. The van der Waals surface area contributed by atoms with Crippen LogP contribution in [0.4, 0.5) is 0 Å².